The number of nitro groups is 1. The van der Waals surface area contributed by atoms with Crippen molar-refractivity contribution in [3.63, 3.8) is 0 Å². The first-order valence-corrected chi connectivity index (χ1v) is 8.54. The standard InChI is InChI=1S/C15H12F2N2O6S/c16-15(17)26(24,25)12-4-1-9(2-5-12)14(21)18-8-10-7-11(19(22)23)3-6-13(10)20/h1-7,15,20H,8H2,(H,18,21). The minimum Gasteiger partial charge on any atom is -0.508 e. The van der Waals surface area contributed by atoms with Crippen LogP contribution in [0.5, 0.6) is 5.75 Å². The van der Waals surface area contributed by atoms with Crippen LogP contribution in [0, 0.1) is 10.1 Å². The molecule has 0 aromatic heterocycles. The predicted molar refractivity (Wildman–Crippen MR) is 85.6 cm³/mol. The first-order chi connectivity index (χ1) is 12.1. The Morgan fingerprint density at radius 2 is 1.81 bits per heavy atom. The lowest BCUT2D eigenvalue weighted by molar-refractivity contribution is -0.384. The zero-order valence-corrected chi connectivity index (χ0v) is 13.7. The van der Waals surface area contributed by atoms with Gasteiger partial charge in [-0.1, -0.05) is 0 Å². The van der Waals surface area contributed by atoms with Crippen LogP contribution in [-0.2, 0) is 16.4 Å². The average Bonchev–Trinajstić information content (AvgIpc) is 2.60. The van der Waals surface area contributed by atoms with E-state index in [-0.39, 0.29) is 29.1 Å². The van der Waals surface area contributed by atoms with Crippen molar-refractivity contribution in [1.29, 1.82) is 0 Å². The Labute approximate surface area is 146 Å². The minimum absolute atomic E-state index is 0.0110. The van der Waals surface area contributed by atoms with Crippen LogP contribution in [0.1, 0.15) is 15.9 Å². The van der Waals surface area contributed by atoms with Crippen molar-refractivity contribution in [2.24, 2.45) is 0 Å². The molecule has 2 aromatic carbocycles. The Hall–Kier alpha value is -3.08. The fourth-order valence-electron chi connectivity index (χ4n) is 2.00. The SMILES string of the molecule is O=C(NCc1cc([N+](=O)[O-])ccc1O)c1ccc(S(=O)(=O)C(F)F)cc1. The van der Waals surface area contributed by atoms with Crippen LogP contribution < -0.4 is 5.32 Å². The Morgan fingerprint density at radius 1 is 1.19 bits per heavy atom. The van der Waals surface area contributed by atoms with Gasteiger partial charge in [0.1, 0.15) is 5.75 Å². The van der Waals surface area contributed by atoms with E-state index in [1.54, 1.807) is 0 Å². The van der Waals surface area contributed by atoms with Crippen LogP contribution in [0.25, 0.3) is 0 Å². The molecule has 0 unspecified atom stereocenters. The summed E-state index contributed by atoms with van der Waals surface area (Å²) in [5, 5.41) is 22.8. The van der Waals surface area contributed by atoms with Gasteiger partial charge >= 0.3 is 5.76 Å². The predicted octanol–water partition coefficient (Wildman–Crippen LogP) is 2.23. The monoisotopic (exact) mass is 386 g/mol. The molecular formula is C15H12F2N2O6S. The molecule has 0 bridgehead atoms. The number of phenolic OH excluding ortho intramolecular Hbond substituents is 1. The van der Waals surface area contributed by atoms with Gasteiger partial charge < -0.3 is 10.4 Å². The number of halogens is 2. The average molecular weight is 386 g/mol. The number of nitro benzene ring substituents is 1. The molecule has 0 aliphatic heterocycles. The molecular weight excluding hydrogens is 374 g/mol. The number of benzene rings is 2. The molecule has 1 amide bonds. The van der Waals surface area contributed by atoms with E-state index < -0.39 is 31.3 Å². The second kappa shape index (κ2) is 7.44. The molecule has 0 aliphatic carbocycles. The number of carbonyl (C=O) groups excluding carboxylic acids is 1. The van der Waals surface area contributed by atoms with Gasteiger partial charge in [-0.3, -0.25) is 14.9 Å². The lowest BCUT2D eigenvalue weighted by atomic mass is 10.1. The Balaban J connectivity index is 2.12. The molecule has 0 aliphatic rings. The van der Waals surface area contributed by atoms with Gasteiger partial charge in [0, 0.05) is 29.8 Å². The quantitative estimate of drug-likeness (QED) is 0.579. The van der Waals surface area contributed by atoms with Gasteiger partial charge in [0.15, 0.2) is 0 Å². The smallest absolute Gasteiger partial charge is 0.341 e. The van der Waals surface area contributed by atoms with Crippen molar-refractivity contribution in [2.75, 3.05) is 0 Å². The molecule has 0 spiro atoms. The fourth-order valence-corrected chi connectivity index (χ4v) is 2.72. The van der Waals surface area contributed by atoms with Gasteiger partial charge in [0.2, 0.25) is 9.84 Å². The van der Waals surface area contributed by atoms with Crippen molar-refractivity contribution >= 4 is 21.4 Å². The molecule has 0 atom stereocenters. The molecule has 26 heavy (non-hydrogen) atoms. The Bertz CT molecular complexity index is 945. The molecule has 2 rings (SSSR count). The van der Waals surface area contributed by atoms with Crippen LogP contribution in [0.4, 0.5) is 14.5 Å². The molecule has 0 fully saturated rings. The van der Waals surface area contributed by atoms with E-state index in [1.807, 2.05) is 0 Å². The van der Waals surface area contributed by atoms with E-state index in [9.17, 15) is 37.2 Å². The van der Waals surface area contributed by atoms with Crippen LogP contribution in [0.15, 0.2) is 47.4 Å². The van der Waals surface area contributed by atoms with Crippen molar-refractivity contribution in [2.45, 2.75) is 17.2 Å². The number of nitrogens with one attached hydrogen (secondary N) is 1. The lowest BCUT2D eigenvalue weighted by Crippen LogP contribution is -2.23. The molecule has 0 radical (unpaired) electrons. The number of non-ortho nitro benzene ring substituents is 1. The number of hydrogen-bond acceptors (Lipinski definition) is 6. The van der Waals surface area contributed by atoms with Crippen LogP contribution in [0.2, 0.25) is 0 Å². The summed E-state index contributed by atoms with van der Waals surface area (Å²) in [6.07, 6.45) is 0. The zero-order valence-electron chi connectivity index (χ0n) is 12.9. The van der Waals surface area contributed by atoms with Crippen molar-refractivity contribution in [3.05, 3.63) is 63.7 Å². The highest BCUT2D eigenvalue weighted by atomic mass is 32.2. The molecule has 8 nitrogen and oxygen atoms in total. The van der Waals surface area contributed by atoms with Crippen molar-refractivity contribution in [1.82, 2.24) is 5.32 Å². The van der Waals surface area contributed by atoms with E-state index in [2.05, 4.69) is 5.32 Å². The maximum atomic E-state index is 12.5. The Kier molecular flexibility index (Phi) is 5.50. The summed E-state index contributed by atoms with van der Waals surface area (Å²) in [6.45, 7) is -0.233. The summed E-state index contributed by atoms with van der Waals surface area (Å²) in [7, 11) is -4.76. The fraction of sp³-hybridized carbons (Fsp3) is 0.133. The summed E-state index contributed by atoms with van der Waals surface area (Å²) >= 11 is 0. The lowest BCUT2D eigenvalue weighted by Gasteiger charge is -2.08. The second-order valence-electron chi connectivity index (χ2n) is 5.08. The highest BCUT2D eigenvalue weighted by molar-refractivity contribution is 7.91. The summed E-state index contributed by atoms with van der Waals surface area (Å²) in [5.74, 6) is -4.51. The molecule has 0 saturated heterocycles. The molecule has 138 valence electrons. The van der Waals surface area contributed by atoms with Gasteiger partial charge in [-0.15, -0.1) is 0 Å². The van der Waals surface area contributed by atoms with Gasteiger partial charge in [0.25, 0.3) is 11.6 Å². The maximum absolute atomic E-state index is 12.5. The zero-order chi connectivity index (χ0) is 19.5. The van der Waals surface area contributed by atoms with Gasteiger partial charge in [-0.2, -0.15) is 8.78 Å². The topological polar surface area (TPSA) is 127 Å². The number of phenols is 1. The third kappa shape index (κ3) is 4.11. The van der Waals surface area contributed by atoms with Gasteiger partial charge in [0.05, 0.1) is 9.82 Å². The summed E-state index contributed by atoms with van der Waals surface area (Å²) in [4.78, 5) is 21.5. The van der Waals surface area contributed by atoms with Gasteiger partial charge in [-0.05, 0) is 30.3 Å². The Morgan fingerprint density at radius 3 is 2.35 bits per heavy atom. The van der Waals surface area contributed by atoms with Crippen molar-refractivity contribution in [3.8, 4) is 5.75 Å². The second-order valence-corrected chi connectivity index (χ2v) is 7.00. The molecule has 0 saturated carbocycles. The maximum Gasteiger partial charge on any atom is 0.341 e. The molecule has 2 aromatic rings. The molecule has 11 heteroatoms. The van der Waals surface area contributed by atoms with Crippen LogP contribution in [0.3, 0.4) is 0 Å². The van der Waals surface area contributed by atoms with Crippen LogP contribution >= 0.6 is 0 Å². The number of alkyl halides is 2. The summed E-state index contributed by atoms with van der Waals surface area (Å²) < 4.78 is 47.5. The van der Waals surface area contributed by atoms with E-state index >= 15 is 0 Å². The van der Waals surface area contributed by atoms with Crippen LogP contribution in [-0.4, -0.2) is 30.1 Å². The van der Waals surface area contributed by atoms with E-state index in [4.69, 9.17) is 0 Å². The third-order valence-electron chi connectivity index (χ3n) is 3.39. The third-order valence-corrected chi connectivity index (χ3v) is 4.79. The van der Waals surface area contributed by atoms with E-state index in [1.165, 1.54) is 0 Å². The molecule has 0 heterocycles. The van der Waals surface area contributed by atoms with E-state index in [0.717, 1.165) is 42.5 Å². The number of rotatable bonds is 6. The summed E-state index contributed by atoms with van der Waals surface area (Å²) in [5.41, 5.74) is -0.179. The van der Waals surface area contributed by atoms with Gasteiger partial charge in [-0.25, -0.2) is 8.42 Å². The minimum atomic E-state index is -4.76. The number of amides is 1. The first-order valence-electron chi connectivity index (χ1n) is 6.99. The number of nitrogens with zero attached hydrogens (tertiary/aromatic N) is 1. The largest absolute Gasteiger partial charge is 0.508 e. The molecule has 2 N–H and O–H groups in total. The number of sulfone groups is 1. The summed E-state index contributed by atoms with van der Waals surface area (Å²) in [6, 6.07) is 7.17. The highest BCUT2D eigenvalue weighted by Gasteiger charge is 2.26. The normalized spacial score (nSPS) is 11.3. The number of carbonyl (C=O) groups is 1. The number of aromatic hydroxyl groups is 1. The van der Waals surface area contributed by atoms with Crippen molar-refractivity contribution < 1.29 is 32.0 Å². The number of hydrogen-bond donors (Lipinski definition) is 2. The highest BCUT2D eigenvalue weighted by Crippen LogP contribution is 2.23. The van der Waals surface area contributed by atoms with E-state index in [0.29, 0.717) is 0 Å². The first kappa shape index (κ1) is 19.2.